The fraction of sp³-hybridized carbons (Fsp3) is 0.625. The third-order valence-corrected chi connectivity index (χ3v) is 4.19. The molecule has 0 spiro atoms. The number of hydrogen-bond donors (Lipinski definition) is 1. The van der Waals surface area contributed by atoms with Gasteiger partial charge in [-0.15, -0.1) is 0 Å². The van der Waals surface area contributed by atoms with E-state index in [0.717, 1.165) is 12.8 Å². The van der Waals surface area contributed by atoms with Crippen LogP contribution in [0.4, 0.5) is 16.4 Å². The Labute approximate surface area is 141 Å². The number of fused-ring (bicyclic) bond motifs is 1. The predicted octanol–water partition coefficient (Wildman–Crippen LogP) is 1.35. The molecule has 0 aromatic carbocycles. The van der Waals surface area contributed by atoms with E-state index in [9.17, 15) is 9.59 Å². The van der Waals surface area contributed by atoms with E-state index in [-0.39, 0.29) is 24.5 Å². The number of rotatable bonds is 1. The number of aromatic nitrogens is 2. The number of carbonyl (C=O) groups is 2. The molecule has 8 heteroatoms. The van der Waals surface area contributed by atoms with Crippen LogP contribution in [0.2, 0.25) is 0 Å². The van der Waals surface area contributed by atoms with Gasteiger partial charge >= 0.3 is 6.09 Å². The molecule has 2 N–H and O–H groups in total. The van der Waals surface area contributed by atoms with Crippen LogP contribution in [-0.2, 0) is 16.0 Å². The highest BCUT2D eigenvalue weighted by Gasteiger charge is 2.39. The maximum absolute atomic E-state index is 12.5. The van der Waals surface area contributed by atoms with E-state index in [4.69, 9.17) is 10.5 Å². The maximum atomic E-state index is 12.5. The van der Waals surface area contributed by atoms with Gasteiger partial charge in [0.1, 0.15) is 23.6 Å². The van der Waals surface area contributed by atoms with Gasteiger partial charge in [0, 0.05) is 18.7 Å². The van der Waals surface area contributed by atoms with Crippen LogP contribution >= 0.6 is 0 Å². The van der Waals surface area contributed by atoms with Crippen LogP contribution in [-0.4, -0.2) is 51.6 Å². The van der Waals surface area contributed by atoms with E-state index in [1.807, 2.05) is 20.8 Å². The molecule has 2 aliphatic rings. The summed E-state index contributed by atoms with van der Waals surface area (Å²) in [4.78, 5) is 36.3. The van der Waals surface area contributed by atoms with E-state index < -0.39 is 5.60 Å². The number of ether oxygens (including phenoxy) is 1. The molecule has 1 aromatic rings. The molecule has 3 heterocycles. The summed E-state index contributed by atoms with van der Waals surface area (Å²) in [6.45, 7) is 6.58. The average molecular weight is 333 g/mol. The molecule has 0 saturated carbocycles. The highest BCUT2D eigenvalue weighted by atomic mass is 16.6. The molecule has 2 aliphatic heterocycles. The summed E-state index contributed by atoms with van der Waals surface area (Å²) in [6.07, 6.45) is 2.86. The number of carbonyl (C=O) groups excluding carboxylic acids is 2. The van der Waals surface area contributed by atoms with Crippen molar-refractivity contribution in [2.24, 2.45) is 0 Å². The van der Waals surface area contributed by atoms with Gasteiger partial charge in [-0.1, -0.05) is 0 Å². The SMILES string of the molecule is CC(C)(C)OC(=O)N1CCCC(N2C(=O)Cc3c(N)ncnc32)C1. The molecule has 1 unspecified atom stereocenters. The Kier molecular flexibility index (Phi) is 4.06. The minimum absolute atomic E-state index is 0.0479. The molecule has 1 saturated heterocycles. The number of anilines is 2. The van der Waals surface area contributed by atoms with Gasteiger partial charge in [0.2, 0.25) is 5.91 Å². The molecule has 1 atom stereocenters. The van der Waals surface area contributed by atoms with E-state index in [2.05, 4.69) is 9.97 Å². The Morgan fingerprint density at radius 3 is 2.83 bits per heavy atom. The molecule has 0 bridgehead atoms. The lowest BCUT2D eigenvalue weighted by Crippen LogP contribution is -2.52. The Morgan fingerprint density at radius 2 is 2.12 bits per heavy atom. The number of hydrogen-bond acceptors (Lipinski definition) is 6. The molecule has 24 heavy (non-hydrogen) atoms. The van der Waals surface area contributed by atoms with Gasteiger partial charge in [-0.25, -0.2) is 14.8 Å². The molecule has 0 radical (unpaired) electrons. The van der Waals surface area contributed by atoms with Crippen molar-refractivity contribution in [2.45, 2.75) is 51.7 Å². The topological polar surface area (TPSA) is 102 Å². The minimum Gasteiger partial charge on any atom is -0.444 e. The summed E-state index contributed by atoms with van der Waals surface area (Å²) in [5.41, 5.74) is 5.99. The average Bonchev–Trinajstić information content (AvgIpc) is 2.83. The molecule has 3 rings (SSSR count). The van der Waals surface area contributed by atoms with Gasteiger partial charge in [0.15, 0.2) is 0 Å². The van der Waals surface area contributed by atoms with Gasteiger partial charge < -0.3 is 15.4 Å². The lowest BCUT2D eigenvalue weighted by Gasteiger charge is -2.37. The predicted molar refractivity (Wildman–Crippen MR) is 88.5 cm³/mol. The summed E-state index contributed by atoms with van der Waals surface area (Å²) >= 11 is 0. The van der Waals surface area contributed by atoms with Crippen molar-refractivity contribution in [2.75, 3.05) is 23.7 Å². The first-order valence-electron chi connectivity index (χ1n) is 8.15. The lowest BCUT2D eigenvalue weighted by molar-refractivity contribution is -0.118. The highest BCUT2D eigenvalue weighted by molar-refractivity contribution is 6.02. The number of nitrogen functional groups attached to an aromatic ring is 1. The van der Waals surface area contributed by atoms with Crippen LogP contribution in [0, 0.1) is 0 Å². The number of amides is 2. The lowest BCUT2D eigenvalue weighted by atomic mass is 10.0. The molecule has 130 valence electrons. The summed E-state index contributed by atoms with van der Waals surface area (Å²) in [5, 5.41) is 0. The van der Waals surface area contributed by atoms with Crippen molar-refractivity contribution >= 4 is 23.6 Å². The van der Waals surface area contributed by atoms with Crippen molar-refractivity contribution in [1.82, 2.24) is 14.9 Å². The first kappa shape index (κ1) is 16.5. The Balaban J connectivity index is 1.78. The van der Waals surface area contributed by atoms with Gasteiger partial charge in [-0.3, -0.25) is 9.69 Å². The standard InChI is InChI=1S/C16H23N5O3/c1-16(2,3)24-15(23)20-6-4-5-10(8-20)21-12(22)7-11-13(17)18-9-19-14(11)21/h9-10H,4-8H2,1-3H3,(H2,17,18,19). The second-order valence-electron chi connectivity index (χ2n) is 7.22. The zero-order valence-electron chi connectivity index (χ0n) is 14.3. The van der Waals surface area contributed by atoms with Gasteiger partial charge in [0.25, 0.3) is 0 Å². The van der Waals surface area contributed by atoms with Gasteiger partial charge in [-0.2, -0.15) is 0 Å². The number of nitrogens with two attached hydrogens (primary N) is 1. The minimum atomic E-state index is -0.540. The van der Waals surface area contributed by atoms with Crippen LogP contribution in [0.15, 0.2) is 6.33 Å². The van der Waals surface area contributed by atoms with Gasteiger partial charge in [-0.05, 0) is 33.6 Å². The number of likely N-dealkylation sites (tertiary alicyclic amines) is 1. The second-order valence-corrected chi connectivity index (χ2v) is 7.22. The third-order valence-electron chi connectivity index (χ3n) is 4.19. The third kappa shape index (κ3) is 3.13. The fourth-order valence-electron chi connectivity index (χ4n) is 3.18. The molecular formula is C16H23N5O3. The molecular weight excluding hydrogens is 310 g/mol. The van der Waals surface area contributed by atoms with Crippen molar-refractivity contribution in [3.05, 3.63) is 11.9 Å². The summed E-state index contributed by atoms with van der Waals surface area (Å²) in [7, 11) is 0. The van der Waals surface area contributed by atoms with Crippen molar-refractivity contribution in [3.63, 3.8) is 0 Å². The van der Waals surface area contributed by atoms with E-state index in [1.54, 1.807) is 9.80 Å². The van der Waals surface area contributed by atoms with Crippen LogP contribution in [0.3, 0.4) is 0 Å². The van der Waals surface area contributed by atoms with E-state index in [0.29, 0.717) is 30.3 Å². The molecule has 1 fully saturated rings. The number of nitrogens with zero attached hydrogens (tertiary/aromatic N) is 4. The highest BCUT2D eigenvalue weighted by Crippen LogP contribution is 2.33. The zero-order valence-corrected chi connectivity index (χ0v) is 14.3. The molecule has 1 aromatic heterocycles. The smallest absolute Gasteiger partial charge is 0.410 e. The maximum Gasteiger partial charge on any atom is 0.410 e. The molecule has 8 nitrogen and oxygen atoms in total. The van der Waals surface area contributed by atoms with Crippen molar-refractivity contribution in [3.8, 4) is 0 Å². The summed E-state index contributed by atoms with van der Waals surface area (Å²) < 4.78 is 5.44. The Hall–Kier alpha value is -2.38. The summed E-state index contributed by atoms with van der Waals surface area (Å²) in [5.74, 6) is 0.868. The van der Waals surface area contributed by atoms with Crippen LogP contribution in [0.25, 0.3) is 0 Å². The zero-order chi connectivity index (χ0) is 17.5. The number of piperidine rings is 1. The van der Waals surface area contributed by atoms with Crippen LogP contribution in [0.1, 0.15) is 39.2 Å². The van der Waals surface area contributed by atoms with Crippen LogP contribution < -0.4 is 10.6 Å². The Morgan fingerprint density at radius 1 is 1.38 bits per heavy atom. The summed E-state index contributed by atoms with van der Waals surface area (Å²) in [6, 6.07) is -0.116. The van der Waals surface area contributed by atoms with Gasteiger partial charge in [0.05, 0.1) is 12.5 Å². The normalized spacial score (nSPS) is 21.0. The fourth-order valence-corrected chi connectivity index (χ4v) is 3.18. The van der Waals surface area contributed by atoms with E-state index >= 15 is 0 Å². The quantitative estimate of drug-likeness (QED) is 0.832. The van der Waals surface area contributed by atoms with Crippen molar-refractivity contribution in [1.29, 1.82) is 0 Å². The molecule has 2 amide bonds. The van der Waals surface area contributed by atoms with Crippen molar-refractivity contribution < 1.29 is 14.3 Å². The largest absolute Gasteiger partial charge is 0.444 e. The second kappa shape index (κ2) is 5.92. The molecule has 0 aliphatic carbocycles. The Bertz CT molecular complexity index is 670. The monoisotopic (exact) mass is 333 g/mol. The van der Waals surface area contributed by atoms with Crippen LogP contribution in [0.5, 0.6) is 0 Å². The first-order chi connectivity index (χ1) is 11.3. The van der Waals surface area contributed by atoms with E-state index in [1.165, 1.54) is 6.33 Å². The first-order valence-corrected chi connectivity index (χ1v) is 8.15.